The van der Waals surface area contributed by atoms with Crippen LogP contribution in [0.4, 0.5) is 0 Å². The molecule has 0 atom stereocenters. The molecule has 108 valence electrons. The Kier molecular flexibility index (Phi) is 3.74. The molecule has 0 unspecified atom stereocenters. The number of benzene rings is 1. The molecule has 2 heterocycles. The molecule has 7 heteroatoms. The summed E-state index contributed by atoms with van der Waals surface area (Å²) in [6.07, 6.45) is 1.78. The molecule has 0 saturated carbocycles. The molecule has 3 aromatic rings. The van der Waals surface area contributed by atoms with E-state index in [2.05, 4.69) is 26.2 Å². The van der Waals surface area contributed by atoms with Crippen LogP contribution in [0.1, 0.15) is 11.3 Å². The van der Waals surface area contributed by atoms with Gasteiger partial charge in [0.2, 0.25) is 0 Å². The van der Waals surface area contributed by atoms with E-state index in [1.54, 1.807) is 30.1 Å². The van der Waals surface area contributed by atoms with Gasteiger partial charge in [0.1, 0.15) is 0 Å². The summed E-state index contributed by atoms with van der Waals surface area (Å²) in [7, 11) is 1.54. The summed E-state index contributed by atoms with van der Waals surface area (Å²) in [5.74, 6) is 0.540. The minimum Gasteiger partial charge on any atom is -0.493 e. The van der Waals surface area contributed by atoms with Gasteiger partial charge >= 0.3 is 5.63 Å². The topological polar surface area (TPSA) is 70.2 Å². The van der Waals surface area contributed by atoms with Crippen molar-refractivity contribution in [2.45, 2.75) is 11.9 Å². The standard InChI is InChI=1S/C14H12BrN3O3/c1-20-12-4-2-3-9-5-10(14(19)21-13(9)12)7-18-8-11(6-15)16-17-18/h2-5,8H,6-7H2,1H3. The van der Waals surface area contributed by atoms with Crippen LogP contribution < -0.4 is 10.4 Å². The molecular formula is C14H12BrN3O3. The Bertz CT molecular complexity index is 841. The summed E-state index contributed by atoms with van der Waals surface area (Å²) in [6, 6.07) is 7.27. The largest absolute Gasteiger partial charge is 0.493 e. The molecule has 0 radical (unpaired) electrons. The van der Waals surface area contributed by atoms with Crippen molar-refractivity contribution in [1.29, 1.82) is 0 Å². The van der Waals surface area contributed by atoms with Crippen LogP contribution in [0.15, 0.2) is 39.7 Å². The number of hydrogen-bond acceptors (Lipinski definition) is 5. The van der Waals surface area contributed by atoms with Gasteiger partial charge in [0.05, 0.1) is 24.9 Å². The first kappa shape index (κ1) is 13.8. The normalized spacial score (nSPS) is 11.0. The molecule has 0 aliphatic heterocycles. The molecule has 0 aliphatic carbocycles. The Morgan fingerprint density at radius 3 is 3.00 bits per heavy atom. The summed E-state index contributed by atoms with van der Waals surface area (Å²) in [5, 5.41) is 9.36. The zero-order valence-electron chi connectivity index (χ0n) is 11.2. The number of alkyl halides is 1. The summed E-state index contributed by atoms with van der Waals surface area (Å²) in [6.45, 7) is 0.315. The van der Waals surface area contributed by atoms with Crippen molar-refractivity contribution >= 4 is 26.9 Å². The van der Waals surface area contributed by atoms with E-state index in [1.807, 2.05) is 12.1 Å². The van der Waals surface area contributed by atoms with Crippen LogP contribution in [0.3, 0.4) is 0 Å². The molecule has 3 rings (SSSR count). The van der Waals surface area contributed by atoms with Crippen molar-refractivity contribution in [1.82, 2.24) is 15.0 Å². The zero-order valence-corrected chi connectivity index (χ0v) is 12.8. The van der Waals surface area contributed by atoms with Crippen molar-refractivity contribution in [3.63, 3.8) is 0 Å². The monoisotopic (exact) mass is 349 g/mol. The van der Waals surface area contributed by atoms with Crippen LogP contribution in [0, 0.1) is 0 Å². The average molecular weight is 350 g/mol. The number of rotatable bonds is 4. The van der Waals surface area contributed by atoms with Gasteiger partial charge in [-0.3, -0.25) is 0 Å². The van der Waals surface area contributed by atoms with Gasteiger partial charge in [-0.25, -0.2) is 9.48 Å². The van der Waals surface area contributed by atoms with Crippen molar-refractivity contribution in [2.24, 2.45) is 0 Å². The summed E-state index contributed by atoms with van der Waals surface area (Å²) < 4.78 is 12.2. The minimum absolute atomic E-state index is 0.315. The Morgan fingerprint density at radius 2 is 2.29 bits per heavy atom. The smallest absolute Gasteiger partial charge is 0.341 e. The number of hydrogen-bond donors (Lipinski definition) is 0. The van der Waals surface area contributed by atoms with E-state index in [0.717, 1.165) is 11.1 Å². The lowest BCUT2D eigenvalue weighted by atomic mass is 10.2. The molecular weight excluding hydrogens is 338 g/mol. The highest BCUT2D eigenvalue weighted by molar-refractivity contribution is 9.08. The third kappa shape index (κ3) is 2.69. The van der Waals surface area contributed by atoms with Gasteiger partial charge < -0.3 is 9.15 Å². The maximum absolute atomic E-state index is 12.1. The van der Waals surface area contributed by atoms with Crippen LogP contribution >= 0.6 is 15.9 Å². The lowest BCUT2D eigenvalue weighted by molar-refractivity contribution is 0.406. The van der Waals surface area contributed by atoms with Crippen molar-refractivity contribution < 1.29 is 9.15 Å². The van der Waals surface area contributed by atoms with Gasteiger partial charge in [-0.05, 0) is 12.1 Å². The number of fused-ring (bicyclic) bond motifs is 1. The molecule has 1 aromatic carbocycles. The third-order valence-electron chi connectivity index (χ3n) is 3.07. The van der Waals surface area contributed by atoms with E-state index in [-0.39, 0.29) is 0 Å². The number of para-hydroxylation sites is 1. The molecule has 0 N–H and O–H groups in total. The number of ether oxygens (including phenoxy) is 1. The second-order valence-electron chi connectivity index (χ2n) is 4.48. The van der Waals surface area contributed by atoms with Crippen molar-refractivity contribution in [3.05, 3.63) is 52.1 Å². The first-order valence-electron chi connectivity index (χ1n) is 6.26. The second kappa shape index (κ2) is 5.69. The fraction of sp³-hybridized carbons (Fsp3) is 0.214. The predicted octanol–water partition coefficient (Wildman–Crippen LogP) is 2.34. The van der Waals surface area contributed by atoms with Crippen molar-refractivity contribution in [2.75, 3.05) is 7.11 Å². The van der Waals surface area contributed by atoms with E-state index >= 15 is 0 Å². The summed E-state index contributed by atoms with van der Waals surface area (Å²) in [5.41, 5.74) is 1.38. The number of halogens is 1. The van der Waals surface area contributed by atoms with Gasteiger partial charge in [-0.2, -0.15) is 0 Å². The van der Waals surface area contributed by atoms with E-state index < -0.39 is 5.63 Å². The first-order chi connectivity index (χ1) is 10.2. The average Bonchev–Trinajstić information content (AvgIpc) is 2.95. The van der Waals surface area contributed by atoms with Gasteiger partial charge in [-0.1, -0.05) is 33.3 Å². The Morgan fingerprint density at radius 1 is 1.43 bits per heavy atom. The predicted molar refractivity (Wildman–Crippen MR) is 80.8 cm³/mol. The SMILES string of the molecule is COc1cccc2cc(Cn3cc(CBr)nn3)c(=O)oc12. The Labute approximate surface area is 128 Å². The molecule has 0 bridgehead atoms. The Hall–Kier alpha value is -2.15. The highest BCUT2D eigenvalue weighted by Crippen LogP contribution is 2.24. The van der Waals surface area contributed by atoms with Crippen LogP contribution in [0.5, 0.6) is 5.75 Å². The molecule has 0 aliphatic rings. The number of aromatic nitrogens is 3. The lowest BCUT2D eigenvalue weighted by Gasteiger charge is -2.05. The highest BCUT2D eigenvalue weighted by atomic mass is 79.9. The first-order valence-corrected chi connectivity index (χ1v) is 7.38. The van der Waals surface area contributed by atoms with Gasteiger partial charge in [-0.15, -0.1) is 5.10 Å². The summed E-state index contributed by atoms with van der Waals surface area (Å²) >= 11 is 3.31. The molecule has 0 fully saturated rings. The molecule has 21 heavy (non-hydrogen) atoms. The van der Waals surface area contributed by atoms with Crippen molar-refractivity contribution in [3.8, 4) is 5.75 Å². The van der Waals surface area contributed by atoms with E-state index in [0.29, 0.717) is 28.8 Å². The van der Waals surface area contributed by atoms with E-state index in [9.17, 15) is 4.79 Å². The lowest BCUT2D eigenvalue weighted by Crippen LogP contribution is -2.12. The minimum atomic E-state index is -0.400. The second-order valence-corrected chi connectivity index (χ2v) is 5.04. The van der Waals surface area contributed by atoms with Gasteiger partial charge in [0.15, 0.2) is 11.3 Å². The van der Waals surface area contributed by atoms with Crippen LogP contribution in [-0.4, -0.2) is 22.1 Å². The third-order valence-corrected chi connectivity index (χ3v) is 3.65. The number of nitrogens with zero attached hydrogens (tertiary/aromatic N) is 3. The van der Waals surface area contributed by atoms with Gasteiger partial charge in [0.25, 0.3) is 0 Å². The van der Waals surface area contributed by atoms with Crippen LogP contribution in [0.2, 0.25) is 0 Å². The van der Waals surface area contributed by atoms with Crippen LogP contribution in [0.25, 0.3) is 11.0 Å². The fourth-order valence-corrected chi connectivity index (χ4v) is 2.34. The fourth-order valence-electron chi connectivity index (χ4n) is 2.08. The highest BCUT2D eigenvalue weighted by Gasteiger charge is 2.10. The molecule has 0 saturated heterocycles. The maximum Gasteiger partial charge on any atom is 0.341 e. The Balaban J connectivity index is 2.03. The zero-order chi connectivity index (χ0) is 14.8. The van der Waals surface area contributed by atoms with E-state index in [1.165, 1.54) is 0 Å². The van der Waals surface area contributed by atoms with E-state index in [4.69, 9.17) is 9.15 Å². The molecule has 6 nitrogen and oxygen atoms in total. The molecule has 0 spiro atoms. The summed E-state index contributed by atoms with van der Waals surface area (Å²) in [4.78, 5) is 12.1. The van der Waals surface area contributed by atoms with Crippen LogP contribution in [-0.2, 0) is 11.9 Å². The maximum atomic E-state index is 12.1. The molecule has 2 aromatic heterocycles. The number of methoxy groups -OCH3 is 1. The van der Waals surface area contributed by atoms with Gasteiger partial charge in [0, 0.05) is 16.9 Å². The molecule has 0 amide bonds. The quantitative estimate of drug-likeness (QED) is 0.534.